The highest BCUT2D eigenvalue weighted by Gasteiger charge is 2.11. The minimum atomic E-state index is 0.0400. The second-order valence-corrected chi connectivity index (χ2v) is 4.89. The Bertz CT molecular complexity index is 613. The monoisotopic (exact) mass is 295 g/mol. The van der Waals surface area contributed by atoms with Crippen LogP contribution in [0.2, 0.25) is 0 Å². The summed E-state index contributed by atoms with van der Waals surface area (Å²) in [4.78, 5) is 11.9. The van der Waals surface area contributed by atoms with E-state index in [4.69, 9.17) is 0 Å². The lowest BCUT2D eigenvalue weighted by Gasteiger charge is -2.07. The second kappa shape index (κ2) is 4.49. The van der Waals surface area contributed by atoms with Crippen LogP contribution in [0.1, 0.15) is 17.0 Å². The lowest BCUT2D eigenvalue weighted by molar-refractivity contribution is 0.648. The zero-order valence-electron chi connectivity index (χ0n) is 10.1. The van der Waals surface area contributed by atoms with Crippen molar-refractivity contribution in [3.8, 4) is 0 Å². The first-order chi connectivity index (χ1) is 8.00. The third-order valence-electron chi connectivity index (χ3n) is 2.79. The summed E-state index contributed by atoms with van der Waals surface area (Å²) in [7, 11) is 1.88. The zero-order chi connectivity index (χ0) is 12.6. The molecule has 0 aromatic carbocycles. The Kier molecular flexibility index (Phi) is 3.19. The van der Waals surface area contributed by atoms with Crippen LogP contribution < -0.4 is 5.56 Å². The summed E-state index contributed by atoms with van der Waals surface area (Å²) in [6.45, 7) is 4.29. The molecule has 0 aliphatic carbocycles. The number of halogens is 1. The van der Waals surface area contributed by atoms with Gasteiger partial charge in [-0.3, -0.25) is 9.48 Å². The predicted octanol–water partition coefficient (Wildman–Crippen LogP) is 2.01. The molecule has 0 saturated heterocycles. The molecule has 0 fully saturated rings. The van der Waals surface area contributed by atoms with E-state index in [0.717, 1.165) is 21.4 Å². The molecule has 0 bridgehead atoms. The van der Waals surface area contributed by atoms with Crippen molar-refractivity contribution in [1.29, 1.82) is 0 Å². The molecule has 5 heteroatoms. The number of hydrogen-bond donors (Lipinski definition) is 0. The van der Waals surface area contributed by atoms with Gasteiger partial charge < -0.3 is 4.57 Å². The van der Waals surface area contributed by atoms with Crippen molar-refractivity contribution in [3.05, 3.63) is 50.1 Å². The van der Waals surface area contributed by atoms with Gasteiger partial charge in [-0.05, 0) is 35.8 Å². The maximum absolute atomic E-state index is 11.9. The number of aryl methyl sites for hydroxylation is 3. The number of aromatic nitrogens is 3. The molecule has 2 heterocycles. The molecule has 0 amide bonds. The van der Waals surface area contributed by atoms with E-state index in [-0.39, 0.29) is 5.56 Å². The van der Waals surface area contributed by atoms with Crippen LogP contribution in [0, 0.1) is 13.8 Å². The number of hydrogen-bond acceptors (Lipinski definition) is 2. The van der Waals surface area contributed by atoms with Crippen LogP contribution in [0.3, 0.4) is 0 Å². The molecule has 17 heavy (non-hydrogen) atoms. The molecule has 90 valence electrons. The summed E-state index contributed by atoms with van der Waals surface area (Å²) in [5, 5.41) is 4.31. The predicted molar refractivity (Wildman–Crippen MR) is 70.2 cm³/mol. The highest BCUT2D eigenvalue weighted by atomic mass is 79.9. The van der Waals surface area contributed by atoms with Crippen LogP contribution >= 0.6 is 15.9 Å². The Morgan fingerprint density at radius 2 is 2.12 bits per heavy atom. The fourth-order valence-corrected chi connectivity index (χ4v) is 2.26. The summed E-state index contributed by atoms with van der Waals surface area (Å²) in [6, 6.07) is 3.70. The van der Waals surface area contributed by atoms with E-state index in [0.29, 0.717) is 6.54 Å². The molecule has 0 atom stereocenters. The summed E-state index contributed by atoms with van der Waals surface area (Å²) < 4.78 is 4.46. The van der Waals surface area contributed by atoms with Gasteiger partial charge in [0.1, 0.15) is 0 Å². The first-order valence-corrected chi connectivity index (χ1v) is 6.14. The van der Waals surface area contributed by atoms with E-state index < -0.39 is 0 Å². The number of pyridine rings is 1. The van der Waals surface area contributed by atoms with Crippen molar-refractivity contribution < 1.29 is 0 Å². The molecule has 0 radical (unpaired) electrons. The van der Waals surface area contributed by atoms with Crippen LogP contribution in [0.5, 0.6) is 0 Å². The SMILES string of the molecule is Cc1nn(C)c(Cn2cccc(C)c2=O)c1Br. The van der Waals surface area contributed by atoms with Gasteiger partial charge in [-0.2, -0.15) is 5.10 Å². The summed E-state index contributed by atoms with van der Waals surface area (Å²) >= 11 is 3.50. The van der Waals surface area contributed by atoms with E-state index in [2.05, 4.69) is 21.0 Å². The quantitative estimate of drug-likeness (QED) is 0.850. The van der Waals surface area contributed by atoms with Gasteiger partial charge >= 0.3 is 0 Å². The van der Waals surface area contributed by atoms with Crippen LogP contribution in [-0.4, -0.2) is 14.3 Å². The molecular formula is C12H14BrN3O. The minimum Gasteiger partial charge on any atom is -0.309 e. The molecule has 0 saturated carbocycles. The van der Waals surface area contributed by atoms with Gasteiger partial charge in [0.2, 0.25) is 0 Å². The smallest absolute Gasteiger partial charge is 0.253 e. The topological polar surface area (TPSA) is 39.8 Å². The molecule has 2 aromatic rings. The maximum Gasteiger partial charge on any atom is 0.253 e. The van der Waals surface area contributed by atoms with E-state index in [1.165, 1.54) is 0 Å². The number of rotatable bonds is 2. The van der Waals surface area contributed by atoms with E-state index in [1.807, 2.05) is 33.0 Å². The van der Waals surface area contributed by atoms with E-state index >= 15 is 0 Å². The first-order valence-electron chi connectivity index (χ1n) is 5.34. The van der Waals surface area contributed by atoms with Gasteiger partial charge in [-0.15, -0.1) is 0 Å². The van der Waals surface area contributed by atoms with Crippen LogP contribution in [-0.2, 0) is 13.6 Å². The van der Waals surface area contributed by atoms with Gasteiger partial charge in [-0.1, -0.05) is 6.07 Å². The lowest BCUT2D eigenvalue weighted by Crippen LogP contribution is -2.22. The summed E-state index contributed by atoms with van der Waals surface area (Å²) in [5.74, 6) is 0. The standard InChI is InChI=1S/C12H14BrN3O/c1-8-5-4-6-16(12(8)17)7-10-11(13)9(2)14-15(10)3/h4-6H,7H2,1-3H3. The largest absolute Gasteiger partial charge is 0.309 e. The van der Waals surface area contributed by atoms with Crippen LogP contribution in [0.4, 0.5) is 0 Å². The molecular weight excluding hydrogens is 282 g/mol. The molecule has 0 N–H and O–H groups in total. The zero-order valence-corrected chi connectivity index (χ0v) is 11.7. The summed E-state index contributed by atoms with van der Waals surface area (Å²) in [5.41, 5.74) is 2.72. The second-order valence-electron chi connectivity index (χ2n) is 4.09. The Hall–Kier alpha value is -1.36. The van der Waals surface area contributed by atoms with Crippen molar-refractivity contribution >= 4 is 15.9 Å². The fraction of sp³-hybridized carbons (Fsp3) is 0.333. The van der Waals surface area contributed by atoms with Crippen molar-refractivity contribution in [2.24, 2.45) is 7.05 Å². The van der Waals surface area contributed by atoms with Crippen molar-refractivity contribution in [1.82, 2.24) is 14.3 Å². The third kappa shape index (κ3) is 2.20. The van der Waals surface area contributed by atoms with Gasteiger partial charge in [0, 0.05) is 18.8 Å². The highest BCUT2D eigenvalue weighted by Crippen LogP contribution is 2.20. The Balaban J connectivity index is 2.45. The molecule has 0 aliphatic heterocycles. The lowest BCUT2D eigenvalue weighted by atomic mass is 10.3. The van der Waals surface area contributed by atoms with Crippen molar-refractivity contribution in [2.45, 2.75) is 20.4 Å². The molecule has 2 aromatic heterocycles. The van der Waals surface area contributed by atoms with Gasteiger partial charge in [0.25, 0.3) is 5.56 Å². The Morgan fingerprint density at radius 3 is 2.71 bits per heavy atom. The van der Waals surface area contributed by atoms with Crippen molar-refractivity contribution in [2.75, 3.05) is 0 Å². The molecule has 0 unspecified atom stereocenters. The maximum atomic E-state index is 11.9. The van der Waals surface area contributed by atoms with E-state index in [1.54, 1.807) is 15.4 Å². The molecule has 0 spiro atoms. The van der Waals surface area contributed by atoms with Gasteiger partial charge in [-0.25, -0.2) is 0 Å². The van der Waals surface area contributed by atoms with Crippen LogP contribution in [0.25, 0.3) is 0 Å². The third-order valence-corrected chi connectivity index (χ3v) is 3.82. The van der Waals surface area contributed by atoms with E-state index in [9.17, 15) is 4.79 Å². The Labute approximate surface area is 108 Å². The molecule has 4 nitrogen and oxygen atoms in total. The summed E-state index contributed by atoms with van der Waals surface area (Å²) in [6.07, 6.45) is 1.80. The van der Waals surface area contributed by atoms with Gasteiger partial charge in [0.15, 0.2) is 0 Å². The first kappa shape index (κ1) is 12.1. The average Bonchev–Trinajstić information content (AvgIpc) is 2.51. The Morgan fingerprint density at radius 1 is 1.41 bits per heavy atom. The number of nitrogens with zero attached hydrogens (tertiary/aromatic N) is 3. The van der Waals surface area contributed by atoms with Gasteiger partial charge in [0.05, 0.1) is 22.4 Å². The minimum absolute atomic E-state index is 0.0400. The normalized spacial score (nSPS) is 10.8. The van der Waals surface area contributed by atoms with Crippen molar-refractivity contribution in [3.63, 3.8) is 0 Å². The highest BCUT2D eigenvalue weighted by molar-refractivity contribution is 9.10. The molecule has 0 aliphatic rings. The van der Waals surface area contributed by atoms with Crippen LogP contribution in [0.15, 0.2) is 27.6 Å². The molecule has 2 rings (SSSR count). The fourth-order valence-electron chi connectivity index (χ4n) is 1.79. The average molecular weight is 296 g/mol.